The Hall–Kier alpha value is -4.68. The van der Waals surface area contributed by atoms with Gasteiger partial charge in [0.25, 0.3) is 0 Å². The number of benzene rings is 5. The first-order valence-electron chi connectivity index (χ1n) is 18.9. The van der Waals surface area contributed by atoms with Crippen molar-refractivity contribution in [3.8, 4) is 0 Å². The van der Waals surface area contributed by atoms with Crippen LogP contribution in [0.25, 0.3) is 0 Å². The third kappa shape index (κ3) is 11.7. The van der Waals surface area contributed by atoms with Crippen molar-refractivity contribution < 1.29 is 43.1 Å². The number of carbonyl (C=O) groups is 2. The summed E-state index contributed by atoms with van der Waals surface area (Å²) in [5, 5.41) is 15.8. The summed E-state index contributed by atoms with van der Waals surface area (Å²) in [4.78, 5) is 26.2. The molecule has 0 unspecified atom stereocenters. The van der Waals surface area contributed by atoms with E-state index in [2.05, 4.69) is 5.32 Å². The van der Waals surface area contributed by atoms with E-state index in [1.807, 2.05) is 152 Å². The number of amides is 1. The van der Waals surface area contributed by atoms with Gasteiger partial charge in [-0.1, -0.05) is 6.07 Å². The number of esters is 1. The Morgan fingerprint density at radius 1 is 0.702 bits per heavy atom. The van der Waals surface area contributed by atoms with E-state index in [0.29, 0.717) is 0 Å². The van der Waals surface area contributed by atoms with Crippen LogP contribution in [0.3, 0.4) is 0 Å². The van der Waals surface area contributed by atoms with Crippen LogP contribution in [0.5, 0.6) is 0 Å². The van der Waals surface area contributed by atoms with Crippen LogP contribution in [-0.4, -0.2) is 81.9 Å². The number of aliphatic hydroxyl groups is 1. The second-order valence-corrected chi connectivity index (χ2v) is 16.3. The van der Waals surface area contributed by atoms with Gasteiger partial charge in [-0.15, -0.1) is 0 Å². The summed E-state index contributed by atoms with van der Waals surface area (Å²) in [5.41, 5.74) is 3.61. The van der Waals surface area contributed by atoms with Crippen LogP contribution in [0.4, 0.5) is 0 Å². The summed E-state index contributed by atoms with van der Waals surface area (Å²) >= 11 is -0.629. The third-order valence-corrected chi connectivity index (χ3v) is 12.4. The number of nitrogens with one attached hydrogen (secondary N) is 1. The van der Waals surface area contributed by atoms with E-state index >= 15 is 0 Å². The SMILES string of the molecule is COC(=O)[C@]1(O)O[C@@H]([C@H](OCc2ccccc2)[C@@H](COCc2ccccc2)OCc2ccccc2)[C@H](NC(C)=O)[C@@H](OCc2ccccc2)[C@@H]1[Se]c1ccccc1. The van der Waals surface area contributed by atoms with Crippen molar-refractivity contribution in [2.45, 2.75) is 74.4 Å². The fraction of sp³-hybridized carbons (Fsp3) is 0.304. The first kappa shape index (κ1) is 41.9. The number of rotatable bonds is 19. The minimum atomic E-state index is -2.52. The molecule has 1 amide bonds. The molecule has 0 radical (unpaired) electrons. The Bertz CT molecular complexity index is 1940. The molecule has 1 aliphatic rings. The van der Waals surface area contributed by atoms with Gasteiger partial charge in [-0.3, -0.25) is 0 Å². The van der Waals surface area contributed by atoms with Crippen molar-refractivity contribution in [3.63, 3.8) is 0 Å². The van der Waals surface area contributed by atoms with Gasteiger partial charge in [0.2, 0.25) is 0 Å². The van der Waals surface area contributed by atoms with Gasteiger partial charge in [0.1, 0.15) is 0 Å². The summed E-state index contributed by atoms with van der Waals surface area (Å²) in [6, 6.07) is 47.3. The quantitative estimate of drug-likeness (QED) is 0.0816. The predicted molar refractivity (Wildman–Crippen MR) is 216 cm³/mol. The fourth-order valence-electron chi connectivity index (χ4n) is 6.74. The number of ether oxygens (including phenoxy) is 6. The fourth-order valence-corrected chi connectivity index (χ4v) is 9.47. The number of carbonyl (C=O) groups excluding carboxylic acids is 2. The van der Waals surface area contributed by atoms with Crippen molar-refractivity contribution in [1.82, 2.24) is 5.32 Å². The maximum absolute atomic E-state index is 14.0. The first-order valence-corrected chi connectivity index (χ1v) is 20.7. The molecular formula is C46H49NO9Se. The zero-order chi connectivity index (χ0) is 39.9. The molecule has 0 saturated carbocycles. The average Bonchev–Trinajstić information content (AvgIpc) is 3.25. The molecule has 298 valence electrons. The van der Waals surface area contributed by atoms with Gasteiger partial charge in [-0.05, 0) is 0 Å². The molecular weight excluding hydrogens is 789 g/mol. The molecule has 10 nitrogen and oxygen atoms in total. The summed E-state index contributed by atoms with van der Waals surface area (Å²) < 4.78 is 39.5. The summed E-state index contributed by atoms with van der Waals surface area (Å²) in [5.74, 6) is -3.87. The topological polar surface area (TPSA) is 122 Å². The van der Waals surface area contributed by atoms with Crippen molar-refractivity contribution in [3.05, 3.63) is 174 Å². The normalized spacial score (nSPS) is 21.6. The molecule has 0 spiro atoms. The van der Waals surface area contributed by atoms with Crippen molar-refractivity contribution in [2.24, 2.45) is 0 Å². The van der Waals surface area contributed by atoms with Gasteiger partial charge in [0.05, 0.1) is 0 Å². The van der Waals surface area contributed by atoms with Crippen LogP contribution < -0.4 is 9.78 Å². The van der Waals surface area contributed by atoms with Gasteiger partial charge >= 0.3 is 336 Å². The van der Waals surface area contributed by atoms with Crippen LogP contribution in [-0.2, 0) is 64.4 Å². The van der Waals surface area contributed by atoms with Gasteiger partial charge in [-0.25, -0.2) is 0 Å². The molecule has 0 aliphatic carbocycles. The summed E-state index contributed by atoms with van der Waals surface area (Å²) in [6.45, 7) is 2.17. The van der Waals surface area contributed by atoms with Crippen LogP contribution >= 0.6 is 0 Å². The number of methoxy groups -OCH3 is 1. The standard InChI is InChI=1S/C46H49NO9Se/c1-33(48)47-40-42(56-46(50,45(49)51-2)44(57-38-26-16-7-17-27-38)43(40)55-31-37-24-14-6-15-25-37)41(54-30-36-22-12-5-13-23-36)39(53-29-35-20-10-4-11-21-35)32-52-28-34-18-8-3-9-19-34/h3-27,39-44,50H,28-32H2,1-2H3,(H,47,48)/t39-,40+,41-,42-,43-,44+,46-/m1/s1. The summed E-state index contributed by atoms with van der Waals surface area (Å²) in [7, 11) is 1.21. The molecule has 1 aliphatic heterocycles. The van der Waals surface area contributed by atoms with Crippen LogP contribution in [0, 0.1) is 0 Å². The minimum absolute atomic E-state index is 0.0391. The van der Waals surface area contributed by atoms with Gasteiger partial charge < -0.3 is 0 Å². The molecule has 11 heteroatoms. The first-order chi connectivity index (χ1) is 27.8. The average molecular weight is 839 g/mol. The second kappa shape index (κ2) is 21.2. The van der Waals surface area contributed by atoms with Crippen molar-refractivity contribution in [1.29, 1.82) is 0 Å². The van der Waals surface area contributed by atoms with Crippen LogP contribution in [0.2, 0.25) is 4.82 Å². The van der Waals surface area contributed by atoms with Crippen molar-refractivity contribution in [2.75, 3.05) is 13.7 Å². The third-order valence-electron chi connectivity index (χ3n) is 9.52. The molecule has 0 bridgehead atoms. The van der Waals surface area contributed by atoms with E-state index in [1.165, 1.54) is 14.0 Å². The molecule has 57 heavy (non-hydrogen) atoms. The molecule has 1 heterocycles. The second-order valence-electron chi connectivity index (χ2n) is 13.7. The maximum atomic E-state index is 14.0. The van der Waals surface area contributed by atoms with E-state index in [0.717, 1.165) is 26.7 Å². The monoisotopic (exact) mass is 839 g/mol. The van der Waals surface area contributed by atoms with Gasteiger partial charge in [-0.2, -0.15) is 0 Å². The zero-order valence-electron chi connectivity index (χ0n) is 32.1. The van der Waals surface area contributed by atoms with Crippen LogP contribution in [0.15, 0.2) is 152 Å². The Morgan fingerprint density at radius 2 is 1.18 bits per heavy atom. The molecule has 2 N–H and O–H groups in total. The molecule has 5 aromatic rings. The zero-order valence-corrected chi connectivity index (χ0v) is 33.8. The van der Waals surface area contributed by atoms with E-state index in [4.69, 9.17) is 28.4 Å². The predicted octanol–water partition coefficient (Wildman–Crippen LogP) is 5.54. The molecule has 1 saturated heterocycles. The van der Waals surface area contributed by atoms with E-state index in [9.17, 15) is 14.7 Å². The molecule has 6 rings (SSSR count). The van der Waals surface area contributed by atoms with Crippen LogP contribution in [0.1, 0.15) is 29.2 Å². The van der Waals surface area contributed by atoms with Crippen molar-refractivity contribution >= 4 is 31.3 Å². The number of hydrogen-bond acceptors (Lipinski definition) is 9. The van der Waals surface area contributed by atoms with Gasteiger partial charge in [0.15, 0.2) is 0 Å². The molecule has 5 aromatic carbocycles. The van der Waals surface area contributed by atoms with E-state index in [-0.39, 0.29) is 38.9 Å². The Balaban J connectivity index is 1.45. The molecule has 7 atom stereocenters. The Morgan fingerprint density at radius 3 is 1.68 bits per heavy atom. The Kier molecular flexibility index (Phi) is 15.6. The number of hydrogen-bond donors (Lipinski definition) is 2. The molecule has 1 fully saturated rings. The molecule has 0 aromatic heterocycles. The Labute approximate surface area is 340 Å². The van der Waals surface area contributed by atoms with E-state index < -0.39 is 62.0 Å². The van der Waals surface area contributed by atoms with E-state index in [1.54, 1.807) is 0 Å². The summed E-state index contributed by atoms with van der Waals surface area (Å²) in [6.07, 6.45) is -4.07. The van der Waals surface area contributed by atoms with Gasteiger partial charge in [0, 0.05) is 0 Å².